The number of hydrogen-bond acceptors (Lipinski definition) is 4. The molecule has 0 amide bonds. The number of carbonyl (C=O) groups is 1. The molecule has 2 N–H and O–H groups in total. The summed E-state index contributed by atoms with van der Waals surface area (Å²) in [6, 6.07) is 0.273. The maximum absolute atomic E-state index is 13.1. The van der Waals surface area contributed by atoms with Crippen LogP contribution in [0.5, 0.6) is 0 Å². The zero-order valence-electron chi connectivity index (χ0n) is 8.33. The lowest BCUT2D eigenvalue weighted by atomic mass is 10.2. The summed E-state index contributed by atoms with van der Waals surface area (Å²) in [5.41, 5.74) is -1.06. The van der Waals surface area contributed by atoms with E-state index < -0.39 is 43.9 Å². The highest BCUT2D eigenvalue weighted by Crippen LogP contribution is 2.22. The molecule has 1 rings (SSSR count). The third-order valence-electron chi connectivity index (χ3n) is 1.83. The summed E-state index contributed by atoms with van der Waals surface area (Å²) in [6.45, 7) is 0. The Labute approximate surface area is 94.0 Å². The van der Waals surface area contributed by atoms with E-state index in [2.05, 4.69) is 9.88 Å². The predicted molar refractivity (Wildman–Crippen MR) is 49.0 cm³/mol. The van der Waals surface area contributed by atoms with Crippen LogP contribution in [0.3, 0.4) is 0 Å². The highest BCUT2D eigenvalue weighted by Gasteiger charge is 2.27. The highest BCUT2D eigenvalue weighted by molar-refractivity contribution is 7.89. The summed E-state index contributed by atoms with van der Waals surface area (Å²) in [7, 11) is -3.77. The Kier molecular flexibility index (Phi) is 3.43. The number of halogens is 3. The van der Waals surface area contributed by atoms with Gasteiger partial charge >= 0.3 is 5.97 Å². The molecule has 0 saturated carbocycles. The first kappa shape index (κ1) is 13.5. The standard InChI is InChI=1S/C8H6F3NO4S/c1-16-8(13)3-2-4(17(12,14)15)6(10)7(11)5(3)9/h2H,1H3,(H2,12,14,15). The number of methoxy groups -OCH3 is 1. The third kappa shape index (κ3) is 2.39. The Hall–Kier alpha value is -1.61. The average Bonchev–Trinajstić information content (AvgIpc) is 2.23. The van der Waals surface area contributed by atoms with Gasteiger partial charge in [0.15, 0.2) is 17.5 Å². The van der Waals surface area contributed by atoms with Crippen molar-refractivity contribution < 1.29 is 31.1 Å². The number of carbonyl (C=O) groups excluding carboxylic acids is 1. The van der Waals surface area contributed by atoms with E-state index in [-0.39, 0.29) is 6.07 Å². The first-order valence-electron chi connectivity index (χ1n) is 3.98. The van der Waals surface area contributed by atoms with Gasteiger partial charge in [-0.25, -0.2) is 31.5 Å². The van der Waals surface area contributed by atoms with Crippen LogP contribution in [0, 0.1) is 17.5 Å². The van der Waals surface area contributed by atoms with E-state index in [0.717, 1.165) is 7.11 Å². The minimum atomic E-state index is -4.63. The molecule has 1 aromatic carbocycles. The van der Waals surface area contributed by atoms with Crippen molar-refractivity contribution in [1.82, 2.24) is 0 Å². The molecule has 0 aromatic heterocycles. The molecule has 0 saturated heterocycles. The van der Waals surface area contributed by atoms with E-state index in [1.165, 1.54) is 0 Å². The van der Waals surface area contributed by atoms with Gasteiger partial charge in [-0.2, -0.15) is 0 Å². The van der Waals surface area contributed by atoms with Gasteiger partial charge in [-0.05, 0) is 6.07 Å². The first-order chi connectivity index (χ1) is 7.70. The van der Waals surface area contributed by atoms with Crippen molar-refractivity contribution in [3.05, 3.63) is 29.1 Å². The minimum absolute atomic E-state index is 0.273. The van der Waals surface area contributed by atoms with Crippen molar-refractivity contribution in [2.45, 2.75) is 4.90 Å². The molecule has 9 heteroatoms. The van der Waals surface area contributed by atoms with Crippen LogP contribution in [-0.4, -0.2) is 21.5 Å². The quantitative estimate of drug-likeness (QED) is 0.627. The fourth-order valence-corrected chi connectivity index (χ4v) is 1.67. The molecule has 0 aliphatic carbocycles. The zero-order valence-corrected chi connectivity index (χ0v) is 9.15. The third-order valence-corrected chi connectivity index (χ3v) is 2.74. The molecule has 0 unspecified atom stereocenters. The lowest BCUT2D eigenvalue weighted by Crippen LogP contribution is -2.18. The molecular weight excluding hydrogens is 263 g/mol. The molecule has 94 valence electrons. The number of nitrogens with two attached hydrogens (primary N) is 1. The van der Waals surface area contributed by atoms with Crippen LogP contribution in [0.2, 0.25) is 0 Å². The van der Waals surface area contributed by atoms with Gasteiger partial charge in [0.05, 0.1) is 12.7 Å². The van der Waals surface area contributed by atoms with Gasteiger partial charge in [-0.3, -0.25) is 0 Å². The summed E-state index contributed by atoms with van der Waals surface area (Å²) in [4.78, 5) is 9.67. The normalized spacial score (nSPS) is 11.4. The van der Waals surface area contributed by atoms with Gasteiger partial charge in [0.1, 0.15) is 4.90 Å². The largest absolute Gasteiger partial charge is 0.465 e. The number of hydrogen-bond donors (Lipinski definition) is 1. The van der Waals surface area contributed by atoms with Gasteiger partial charge in [-0.1, -0.05) is 0 Å². The number of ether oxygens (including phenoxy) is 1. The second kappa shape index (κ2) is 4.34. The molecule has 1 aromatic rings. The monoisotopic (exact) mass is 269 g/mol. The lowest BCUT2D eigenvalue weighted by Gasteiger charge is -2.06. The number of benzene rings is 1. The van der Waals surface area contributed by atoms with Gasteiger partial charge in [-0.15, -0.1) is 0 Å². The summed E-state index contributed by atoms with van der Waals surface area (Å²) < 4.78 is 65.0. The molecule has 0 aliphatic rings. The van der Waals surface area contributed by atoms with Crippen LogP contribution < -0.4 is 5.14 Å². The molecule has 0 radical (unpaired) electrons. The molecule has 0 fully saturated rings. The smallest absolute Gasteiger partial charge is 0.341 e. The maximum Gasteiger partial charge on any atom is 0.341 e. The van der Waals surface area contributed by atoms with Gasteiger partial charge < -0.3 is 4.74 Å². The van der Waals surface area contributed by atoms with E-state index in [9.17, 15) is 26.4 Å². The Morgan fingerprint density at radius 1 is 1.24 bits per heavy atom. The summed E-state index contributed by atoms with van der Waals surface area (Å²) in [5, 5.41) is 4.58. The molecular formula is C8H6F3NO4S. The molecule has 0 heterocycles. The minimum Gasteiger partial charge on any atom is -0.465 e. The van der Waals surface area contributed by atoms with Crippen molar-refractivity contribution in [2.75, 3.05) is 7.11 Å². The topological polar surface area (TPSA) is 86.5 Å². The SMILES string of the molecule is COC(=O)c1cc(S(N)(=O)=O)c(F)c(F)c1F. The van der Waals surface area contributed by atoms with Gasteiger partial charge in [0, 0.05) is 0 Å². The van der Waals surface area contributed by atoms with E-state index in [1.54, 1.807) is 0 Å². The molecule has 0 atom stereocenters. The molecule has 5 nitrogen and oxygen atoms in total. The number of primary sulfonamides is 1. The molecule has 17 heavy (non-hydrogen) atoms. The van der Waals surface area contributed by atoms with Crippen molar-refractivity contribution in [2.24, 2.45) is 5.14 Å². The Bertz CT molecular complexity index is 585. The summed E-state index contributed by atoms with van der Waals surface area (Å²) in [5.74, 6) is -7.30. The van der Waals surface area contributed by atoms with E-state index >= 15 is 0 Å². The summed E-state index contributed by atoms with van der Waals surface area (Å²) in [6.07, 6.45) is 0. The fourth-order valence-electron chi connectivity index (χ4n) is 1.05. The van der Waals surface area contributed by atoms with Crippen LogP contribution in [0.15, 0.2) is 11.0 Å². The van der Waals surface area contributed by atoms with Crippen molar-refractivity contribution in [3.63, 3.8) is 0 Å². The fraction of sp³-hybridized carbons (Fsp3) is 0.125. The van der Waals surface area contributed by atoms with Crippen LogP contribution in [-0.2, 0) is 14.8 Å². The summed E-state index contributed by atoms with van der Waals surface area (Å²) >= 11 is 0. The number of sulfonamides is 1. The Balaban J connectivity index is 3.68. The van der Waals surface area contributed by atoms with Crippen molar-refractivity contribution >= 4 is 16.0 Å². The second-order valence-electron chi connectivity index (χ2n) is 2.90. The zero-order chi connectivity index (χ0) is 13.4. The Morgan fingerprint density at radius 2 is 1.76 bits per heavy atom. The number of esters is 1. The Morgan fingerprint density at radius 3 is 2.18 bits per heavy atom. The van der Waals surface area contributed by atoms with E-state index in [4.69, 9.17) is 0 Å². The van der Waals surface area contributed by atoms with Crippen LogP contribution in [0.25, 0.3) is 0 Å². The second-order valence-corrected chi connectivity index (χ2v) is 4.43. The van der Waals surface area contributed by atoms with Crippen LogP contribution in [0.4, 0.5) is 13.2 Å². The molecule has 0 bridgehead atoms. The highest BCUT2D eigenvalue weighted by atomic mass is 32.2. The molecule has 0 spiro atoms. The van der Waals surface area contributed by atoms with Crippen molar-refractivity contribution in [3.8, 4) is 0 Å². The van der Waals surface area contributed by atoms with Gasteiger partial charge in [0.25, 0.3) is 0 Å². The maximum atomic E-state index is 13.1. The van der Waals surface area contributed by atoms with Crippen LogP contribution in [0.1, 0.15) is 10.4 Å². The predicted octanol–water partition coefficient (Wildman–Crippen LogP) is 0.538. The van der Waals surface area contributed by atoms with E-state index in [0.29, 0.717) is 0 Å². The van der Waals surface area contributed by atoms with Gasteiger partial charge in [0.2, 0.25) is 10.0 Å². The lowest BCUT2D eigenvalue weighted by molar-refractivity contribution is 0.0593. The van der Waals surface area contributed by atoms with Crippen LogP contribution >= 0.6 is 0 Å². The first-order valence-corrected chi connectivity index (χ1v) is 5.53. The molecule has 0 aliphatic heterocycles. The number of rotatable bonds is 2. The average molecular weight is 269 g/mol. The van der Waals surface area contributed by atoms with E-state index in [1.807, 2.05) is 0 Å². The van der Waals surface area contributed by atoms with Crippen molar-refractivity contribution in [1.29, 1.82) is 0 Å².